The van der Waals surface area contributed by atoms with Gasteiger partial charge >= 0.3 is 6.18 Å². The number of β-amino-alcohol motifs (C(OH)–C–C–N with tert-alkyl or cyclic N) is 1. The molecule has 1 fully saturated rings. The van der Waals surface area contributed by atoms with Crippen LogP contribution in [0, 0.1) is 0 Å². The summed E-state index contributed by atoms with van der Waals surface area (Å²) < 4.78 is 40.6. The summed E-state index contributed by atoms with van der Waals surface area (Å²) in [6.07, 6.45) is -3.07. The Morgan fingerprint density at radius 3 is 2.83 bits per heavy atom. The van der Waals surface area contributed by atoms with Crippen LogP contribution in [0.3, 0.4) is 0 Å². The third-order valence-electron chi connectivity index (χ3n) is 4.32. The van der Waals surface area contributed by atoms with Crippen molar-refractivity contribution in [2.75, 3.05) is 6.54 Å². The zero-order chi connectivity index (χ0) is 17.3. The number of nitrogens with zero attached hydrogens (tertiary/aromatic N) is 4. The average Bonchev–Trinajstić information content (AvgIpc) is 3.13. The molecule has 1 aromatic carbocycles. The maximum Gasteiger partial charge on any atom is 0.416 e. The van der Waals surface area contributed by atoms with E-state index >= 15 is 0 Å². The van der Waals surface area contributed by atoms with E-state index in [2.05, 4.69) is 10.1 Å². The fraction of sp³-hybridized carbons (Fsp3) is 0.500. The zero-order valence-electron chi connectivity index (χ0n) is 13.2. The van der Waals surface area contributed by atoms with Gasteiger partial charge in [-0.2, -0.15) is 18.3 Å². The second-order valence-electron chi connectivity index (χ2n) is 5.95. The molecule has 1 aliphatic rings. The number of benzene rings is 1. The van der Waals surface area contributed by atoms with Crippen molar-refractivity contribution >= 4 is 0 Å². The van der Waals surface area contributed by atoms with Crippen molar-refractivity contribution in [1.29, 1.82) is 0 Å². The Morgan fingerprint density at radius 2 is 2.12 bits per heavy atom. The van der Waals surface area contributed by atoms with Crippen LogP contribution < -0.4 is 0 Å². The molecule has 8 heteroatoms. The third kappa shape index (κ3) is 3.44. The van der Waals surface area contributed by atoms with Gasteiger partial charge in [0.05, 0.1) is 18.2 Å². The lowest BCUT2D eigenvalue weighted by atomic mass is 10.0. The Morgan fingerprint density at radius 1 is 1.33 bits per heavy atom. The van der Waals surface area contributed by atoms with E-state index in [0.717, 1.165) is 11.9 Å². The van der Waals surface area contributed by atoms with Crippen LogP contribution in [-0.4, -0.2) is 37.4 Å². The van der Waals surface area contributed by atoms with Gasteiger partial charge in [0.1, 0.15) is 12.2 Å². The van der Waals surface area contributed by atoms with Crippen molar-refractivity contribution < 1.29 is 18.3 Å². The Balaban J connectivity index is 1.86. The minimum atomic E-state index is -4.37. The average molecular weight is 340 g/mol. The fourth-order valence-corrected chi connectivity index (χ4v) is 3.18. The number of hydrogen-bond donors (Lipinski definition) is 1. The van der Waals surface area contributed by atoms with Gasteiger partial charge in [-0.3, -0.25) is 4.90 Å². The molecule has 130 valence electrons. The first-order chi connectivity index (χ1) is 11.4. The molecule has 0 radical (unpaired) electrons. The van der Waals surface area contributed by atoms with Gasteiger partial charge in [-0.15, -0.1) is 0 Å². The van der Waals surface area contributed by atoms with E-state index in [0.29, 0.717) is 31.6 Å². The highest BCUT2D eigenvalue weighted by molar-refractivity contribution is 5.29. The molecule has 2 heterocycles. The van der Waals surface area contributed by atoms with Crippen LogP contribution in [0.15, 0.2) is 30.6 Å². The van der Waals surface area contributed by atoms with Crippen LogP contribution in [-0.2, 0) is 19.3 Å². The minimum Gasteiger partial charge on any atom is -0.392 e. The highest BCUT2D eigenvalue weighted by Gasteiger charge is 2.35. The molecule has 0 amide bonds. The van der Waals surface area contributed by atoms with Gasteiger partial charge in [-0.05, 0) is 31.0 Å². The van der Waals surface area contributed by atoms with Gasteiger partial charge in [0.15, 0.2) is 0 Å². The molecule has 2 aromatic rings. The number of halogens is 3. The second kappa shape index (κ2) is 6.52. The summed E-state index contributed by atoms with van der Waals surface area (Å²) in [7, 11) is 0. The molecule has 1 N–H and O–H groups in total. The van der Waals surface area contributed by atoms with Crippen molar-refractivity contribution in [2.24, 2.45) is 0 Å². The zero-order valence-corrected chi connectivity index (χ0v) is 13.2. The fourth-order valence-electron chi connectivity index (χ4n) is 3.18. The first kappa shape index (κ1) is 16.9. The van der Waals surface area contributed by atoms with E-state index in [4.69, 9.17) is 0 Å². The van der Waals surface area contributed by atoms with Crippen LogP contribution in [0.2, 0.25) is 0 Å². The first-order valence-corrected chi connectivity index (χ1v) is 7.84. The van der Waals surface area contributed by atoms with Crippen molar-refractivity contribution in [3.63, 3.8) is 0 Å². The van der Waals surface area contributed by atoms with Gasteiger partial charge < -0.3 is 5.11 Å². The maximum atomic E-state index is 12.9. The van der Waals surface area contributed by atoms with Crippen molar-refractivity contribution in [3.05, 3.63) is 47.5 Å². The third-order valence-corrected chi connectivity index (χ3v) is 4.32. The predicted molar refractivity (Wildman–Crippen MR) is 80.9 cm³/mol. The monoisotopic (exact) mass is 340 g/mol. The van der Waals surface area contributed by atoms with Crippen LogP contribution in [0.1, 0.15) is 36.3 Å². The number of rotatable bonds is 4. The number of likely N-dealkylation sites (tertiary alicyclic amines) is 1. The van der Waals surface area contributed by atoms with E-state index in [1.807, 2.05) is 11.8 Å². The summed E-state index contributed by atoms with van der Waals surface area (Å²) >= 11 is 0. The molecule has 24 heavy (non-hydrogen) atoms. The summed E-state index contributed by atoms with van der Waals surface area (Å²) in [6, 6.07) is 5.04. The van der Waals surface area contributed by atoms with Crippen LogP contribution in [0.4, 0.5) is 13.2 Å². The van der Waals surface area contributed by atoms with E-state index in [1.165, 1.54) is 18.5 Å². The van der Waals surface area contributed by atoms with Crippen LogP contribution in [0.5, 0.6) is 0 Å². The Labute approximate surface area is 137 Å². The van der Waals surface area contributed by atoms with Gasteiger partial charge in [0.25, 0.3) is 0 Å². The first-order valence-electron chi connectivity index (χ1n) is 7.84. The Bertz CT molecular complexity index is 701. The smallest absolute Gasteiger partial charge is 0.392 e. The molecule has 0 unspecified atom stereocenters. The summed E-state index contributed by atoms with van der Waals surface area (Å²) in [5.74, 6) is 0.739. The molecule has 0 saturated carbocycles. The van der Waals surface area contributed by atoms with Gasteiger partial charge in [0.2, 0.25) is 0 Å². The number of alkyl halides is 3. The molecule has 0 bridgehead atoms. The molecule has 0 spiro atoms. The van der Waals surface area contributed by atoms with E-state index in [1.54, 1.807) is 10.7 Å². The topological polar surface area (TPSA) is 54.2 Å². The molecular weight excluding hydrogens is 321 g/mol. The largest absolute Gasteiger partial charge is 0.416 e. The van der Waals surface area contributed by atoms with E-state index < -0.39 is 17.8 Å². The Hall–Kier alpha value is -1.93. The summed E-state index contributed by atoms with van der Waals surface area (Å²) in [6.45, 7) is 3.45. The van der Waals surface area contributed by atoms with Gasteiger partial charge in [-0.25, -0.2) is 9.67 Å². The van der Waals surface area contributed by atoms with E-state index in [9.17, 15) is 18.3 Å². The van der Waals surface area contributed by atoms with Crippen molar-refractivity contribution in [1.82, 2.24) is 19.7 Å². The van der Waals surface area contributed by atoms with Gasteiger partial charge in [-0.1, -0.05) is 12.1 Å². The molecule has 1 saturated heterocycles. The highest BCUT2D eigenvalue weighted by atomic mass is 19.4. The van der Waals surface area contributed by atoms with Crippen molar-refractivity contribution in [2.45, 2.75) is 44.8 Å². The molecule has 2 atom stereocenters. The minimum absolute atomic E-state index is 0.274. The summed E-state index contributed by atoms with van der Waals surface area (Å²) in [5, 5.41) is 14.1. The number of aliphatic hydroxyl groups is 1. The highest BCUT2D eigenvalue weighted by Crippen LogP contribution is 2.36. The number of aromatic nitrogens is 3. The maximum absolute atomic E-state index is 12.9. The SMILES string of the molecule is CCn1ncnc1CN1C[C@H](O)C[C@H]1c1cccc(C(F)(F)F)c1. The summed E-state index contributed by atoms with van der Waals surface area (Å²) in [4.78, 5) is 6.16. The quantitative estimate of drug-likeness (QED) is 0.930. The molecular formula is C16H19F3N4O. The Kier molecular flexibility index (Phi) is 4.60. The molecule has 0 aliphatic carbocycles. The number of hydrogen-bond acceptors (Lipinski definition) is 4. The lowest BCUT2D eigenvalue weighted by Crippen LogP contribution is -2.26. The van der Waals surface area contributed by atoms with Gasteiger partial charge in [0, 0.05) is 19.1 Å². The summed E-state index contributed by atoms with van der Waals surface area (Å²) in [5.41, 5.74) is -0.109. The number of aliphatic hydroxyl groups excluding tert-OH is 1. The van der Waals surface area contributed by atoms with Crippen LogP contribution >= 0.6 is 0 Å². The predicted octanol–water partition coefficient (Wildman–Crippen LogP) is 2.62. The molecule has 1 aliphatic heterocycles. The molecule has 3 rings (SSSR count). The standard InChI is InChI=1S/C16H19F3N4O/c1-2-23-15(20-10-21-23)9-22-8-13(24)7-14(22)11-4-3-5-12(6-11)16(17,18)19/h3-6,10,13-14,24H,2,7-9H2,1H3/t13-,14+/m1/s1. The molecule has 5 nitrogen and oxygen atoms in total. The molecule has 1 aromatic heterocycles. The lowest BCUT2D eigenvalue weighted by molar-refractivity contribution is -0.137. The van der Waals surface area contributed by atoms with Crippen LogP contribution in [0.25, 0.3) is 0 Å². The van der Waals surface area contributed by atoms with E-state index in [-0.39, 0.29) is 6.04 Å². The number of aryl methyl sites for hydroxylation is 1. The normalized spacial score (nSPS) is 22.2. The van der Waals surface area contributed by atoms with Crippen molar-refractivity contribution in [3.8, 4) is 0 Å². The lowest BCUT2D eigenvalue weighted by Gasteiger charge is -2.24. The second-order valence-corrected chi connectivity index (χ2v) is 5.95.